The van der Waals surface area contributed by atoms with E-state index in [0.717, 1.165) is 6.07 Å². The molecule has 0 bridgehead atoms. The minimum atomic E-state index is -0.641. The predicted molar refractivity (Wildman–Crippen MR) is 77.2 cm³/mol. The van der Waals surface area contributed by atoms with Crippen molar-refractivity contribution in [1.29, 1.82) is 0 Å². The van der Waals surface area contributed by atoms with Gasteiger partial charge < -0.3 is 5.32 Å². The number of carbonyl (C=O) groups is 1. The van der Waals surface area contributed by atoms with E-state index in [1.165, 1.54) is 37.3 Å². The van der Waals surface area contributed by atoms with Gasteiger partial charge in [-0.25, -0.2) is 4.39 Å². The highest BCUT2D eigenvalue weighted by Crippen LogP contribution is 2.28. The quantitative estimate of drug-likeness (QED) is 0.689. The molecule has 0 heterocycles. The number of carbonyl (C=O) groups excluding carboxylic acids is 1. The number of anilines is 1. The van der Waals surface area contributed by atoms with E-state index < -0.39 is 16.6 Å². The molecule has 0 radical (unpaired) electrons. The third-order valence-electron chi connectivity index (χ3n) is 2.82. The van der Waals surface area contributed by atoms with Crippen molar-refractivity contribution in [3.8, 4) is 0 Å². The van der Waals surface area contributed by atoms with Crippen LogP contribution in [-0.2, 0) is 0 Å². The van der Waals surface area contributed by atoms with Crippen LogP contribution in [0.3, 0.4) is 0 Å². The number of hydrogen-bond acceptors (Lipinski definition) is 3. The van der Waals surface area contributed by atoms with Crippen molar-refractivity contribution in [3.63, 3.8) is 0 Å². The highest BCUT2D eigenvalue weighted by atomic mass is 35.5. The molecule has 7 heteroatoms. The van der Waals surface area contributed by atoms with E-state index in [0.29, 0.717) is 5.56 Å². The Balaban J connectivity index is 2.31. The molecule has 0 unspecified atom stereocenters. The summed E-state index contributed by atoms with van der Waals surface area (Å²) < 4.78 is 13.2. The molecular formula is C14H10ClFN2O3. The highest BCUT2D eigenvalue weighted by Gasteiger charge is 2.17. The maximum Gasteiger partial charge on any atom is 0.294 e. The van der Waals surface area contributed by atoms with Crippen LogP contribution in [0.1, 0.15) is 15.9 Å². The minimum Gasteiger partial charge on any atom is -0.316 e. The summed E-state index contributed by atoms with van der Waals surface area (Å²) >= 11 is 5.69. The molecular weight excluding hydrogens is 299 g/mol. The maximum atomic E-state index is 13.2. The minimum absolute atomic E-state index is 0.0244. The predicted octanol–water partition coefficient (Wildman–Crippen LogP) is 3.95. The maximum absolute atomic E-state index is 13.2. The average molecular weight is 309 g/mol. The zero-order valence-electron chi connectivity index (χ0n) is 10.9. The number of nitro groups is 1. The Morgan fingerprint density at radius 1 is 1.29 bits per heavy atom. The van der Waals surface area contributed by atoms with Gasteiger partial charge in [-0.3, -0.25) is 14.9 Å². The molecule has 1 N–H and O–H groups in total. The summed E-state index contributed by atoms with van der Waals surface area (Å²) in [6, 6.07) is 7.76. The molecule has 0 saturated heterocycles. The van der Waals surface area contributed by atoms with Crippen molar-refractivity contribution in [3.05, 3.63) is 68.5 Å². The fourth-order valence-corrected chi connectivity index (χ4v) is 1.91. The third kappa shape index (κ3) is 3.35. The van der Waals surface area contributed by atoms with Gasteiger partial charge in [0.25, 0.3) is 11.6 Å². The van der Waals surface area contributed by atoms with E-state index in [1.54, 1.807) is 0 Å². The van der Waals surface area contributed by atoms with Crippen molar-refractivity contribution in [1.82, 2.24) is 0 Å². The molecule has 2 aromatic rings. The molecule has 21 heavy (non-hydrogen) atoms. The summed E-state index contributed by atoms with van der Waals surface area (Å²) in [5.41, 5.74) is 0.234. The molecule has 0 saturated carbocycles. The van der Waals surface area contributed by atoms with Gasteiger partial charge in [-0.1, -0.05) is 11.6 Å². The van der Waals surface area contributed by atoms with Gasteiger partial charge in [0.2, 0.25) is 0 Å². The van der Waals surface area contributed by atoms with Crippen LogP contribution in [-0.4, -0.2) is 10.8 Å². The topological polar surface area (TPSA) is 72.2 Å². The normalized spacial score (nSPS) is 10.2. The molecule has 0 aliphatic heterocycles. The Labute approximate surface area is 124 Å². The fraction of sp³-hybridized carbons (Fsp3) is 0.0714. The number of rotatable bonds is 3. The standard InChI is InChI=1S/C14H10ClFN2O3/c1-8-6-9(2-4-11(8)16)14(19)17-12-5-3-10(15)7-13(12)18(20)21/h2-7H,1H3,(H,17,19). The van der Waals surface area contributed by atoms with Gasteiger partial charge in [0, 0.05) is 16.7 Å². The van der Waals surface area contributed by atoms with E-state index in [1.807, 2.05) is 0 Å². The summed E-state index contributed by atoms with van der Waals surface area (Å²) in [5.74, 6) is -0.993. The Hall–Kier alpha value is -2.47. The molecule has 0 fully saturated rings. The molecule has 2 rings (SSSR count). The van der Waals surface area contributed by atoms with Gasteiger partial charge in [-0.15, -0.1) is 0 Å². The van der Waals surface area contributed by atoms with Gasteiger partial charge >= 0.3 is 0 Å². The van der Waals surface area contributed by atoms with Crippen LogP contribution < -0.4 is 5.32 Å². The van der Waals surface area contributed by atoms with E-state index in [-0.39, 0.29) is 22.0 Å². The van der Waals surface area contributed by atoms with Gasteiger partial charge in [-0.05, 0) is 42.8 Å². The molecule has 0 aliphatic carbocycles. The number of benzene rings is 2. The van der Waals surface area contributed by atoms with E-state index in [2.05, 4.69) is 5.32 Å². The Kier molecular flexibility index (Phi) is 4.18. The lowest BCUT2D eigenvalue weighted by Gasteiger charge is -2.07. The fourth-order valence-electron chi connectivity index (χ4n) is 1.74. The van der Waals surface area contributed by atoms with Crippen LogP contribution in [0.15, 0.2) is 36.4 Å². The van der Waals surface area contributed by atoms with Crippen molar-refractivity contribution in [2.24, 2.45) is 0 Å². The van der Waals surface area contributed by atoms with E-state index >= 15 is 0 Å². The molecule has 1 amide bonds. The van der Waals surface area contributed by atoms with Gasteiger partial charge in [0.1, 0.15) is 11.5 Å². The van der Waals surface area contributed by atoms with Gasteiger partial charge in [-0.2, -0.15) is 0 Å². The number of amides is 1. The molecule has 0 spiro atoms. The number of halogens is 2. The van der Waals surface area contributed by atoms with Gasteiger partial charge in [0.05, 0.1) is 4.92 Å². The van der Waals surface area contributed by atoms with Crippen LogP contribution in [0.2, 0.25) is 5.02 Å². The molecule has 0 atom stereocenters. The first-order valence-electron chi connectivity index (χ1n) is 5.90. The summed E-state index contributed by atoms with van der Waals surface area (Å²) in [6.45, 7) is 1.52. The number of nitro benzene ring substituents is 1. The molecule has 0 aliphatic rings. The lowest BCUT2D eigenvalue weighted by molar-refractivity contribution is -0.383. The molecule has 5 nitrogen and oxygen atoms in total. The number of nitrogens with one attached hydrogen (secondary N) is 1. The summed E-state index contributed by atoms with van der Waals surface area (Å²) in [5, 5.41) is 13.5. The SMILES string of the molecule is Cc1cc(C(=O)Nc2ccc(Cl)cc2[N+](=O)[O-])ccc1F. The van der Waals surface area contributed by atoms with Crippen molar-refractivity contribution >= 4 is 28.9 Å². The molecule has 0 aromatic heterocycles. The first-order chi connectivity index (χ1) is 9.88. The van der Waals surface area contributed by atoms with Gasteiger partial charge in [0.15, 0.2) is 0 Å². The lowest BCUT2D eigenvalue weighted by Crippen LogP contribution is -2.13. The summed E-state index contributed by atoms with van der Waals surface area (Å²) in [7, 11) is 0. The second-order valence-corrected chi connectivity index (χ2v) is 4.77. The Morgan fingerprint density at radius 3 is 2.62 bits per heavy atom. The first-order valence-corrected chi connectivity index (χ1v) is 6.27. The van der Waals surface area contributed by atoms with Crippen molar-refractivity contribution < 1.29 is 14.1 Å². The van der Waals surface area contributed by atoms with E-state index in [9.17, 15) is 19.3 Å². The Bertz CT molecular complexity index is 734. The number of aryl methyl sites for hydroxylation is 1. The second-order valence-electron chi connectivity index (χ2n) is 4.34. The zero-order chi connectivity index (χ0) is 15.6. The Morgan fingerprint density at radius 2 is 2.00 bits per heavy atom. The molecule has 2 aromatic carbocycles. The van der Waals surface area contributed by atoms with Crippen LogP contribution in [0, 0.1) is 22.9 Å². The van der Waals surface area contributed by atoms with Crippen LogP contribution >= 0.6 is 11.6 Å². The smallest absolute Gasteiger partial charge is 0.294 e. The monoisotopic (exact) mass is 308 g/mol. The summed E-state index contributed by atoms with van der Waals surface area (Å²) in [4.78, 5) is 22.3. The van der Waals surface area contributed by atoms with Crippen molar-refractivity contribution in [2.45, 2.75) is 6.92 Å². The van der Waals surface area contributed by atoms with E-state index in [4.69, 9.17) is 11.6 Å². The lowest BCUT2D eigenvalue weighted by atomic mass is 10.1. The van der Waals surface area contributed by atoms with Crippen molar-refractivity contribution in [2.75, 3.05) is 5.32 Å². The van der Waals surface area contributed by atoms with Crippen LogP contribution in [0.5, 0.6) is 0 Å². The average Bonchev–Trinajstić information content (AvgIpc) is 2.43. The summed E-state index contributed by atoms with van der Waals surface area (Å²) in [6.07, 6.45) is 0. The number of hydrogen-bond donors (Lipinski definition) is 1. The number of nitrogens with zero attached hydrogens (tertiary/aromatic N) is 1. The third-order valence-corrected chi connectivity index (χ3v) is 3.06. The highest BCUT2D eigenvalue weighted by molar-refractivity contribution is 6.31. The first kappa shape index (κ1) is 14.9. The molecule has 108 valence electrons. The largest absolute Gasteiger partial charge is 0.316 e. The second kappa shape index (κ2) is 5.88. The van der Waals surface area contributed by atoms with Crippen LogP contribution in [0.25, 0.3) is 0 Å². The zero-order valence-corrected chi connectivity index (χ0v) is 11.6. The van der Waals surface area contributed by atoms with Crippen LogP contribution in [0.4, 0.5) is 15.8 Å².